The highest BCUT2D eigenvalue weighted by molar-refractivity contribution is 5.74. The Morgan fingerprint density at radius 3 is 2.40 bits per heavy atom. The Morgan fingerprint density at radius 1 is 1.03 bits per heavy atom. The second-order valence-corrected chi connectivity index (χ2v) is 9.10. The molecule has 7 heteroatoms. The first-order valence-corrected chi connectivity index (χ1v) is 11.7. The monoisotopic (exact) mass is 485 g/mol. The van der Waals surface area contributed by atoms with Gasteiger partial charge in [-0.2, -0.15) is 13.2 Å². The first-order chi connectivity index (χ1) is 16.7. The molecule has 1 saturated heterocycles. The Hall–Kier alpha value is -2.87. The van der Waals surface area contributed by atoms with E-state index in [1.54, 1.807) is 12.0 Å². The van der Waals surface area contributed by atoms with Gasteiger partial charge in [0, 0.05) is 18.7 Å². The maximum Gasteiger partial charge on any atom is 0.416 e. The molecule has 4 nitrogen and oxygen atoms in total. The normalized spacial score (nSPS) is 19.2. The second kappa shape index (κ2) is 10.4. The lowest BCUT2D eigenvalue weighted by atomic mass is 9.92. The average Bonchev–Trinajstić information content (AvgIpc) is 2.84. The summed E-state index contributed by atoms with van der Waals surface area (Å²) in [4.78, 5) is 1.65. The number of alkyl halides is 3. The Kier molecular flexibility index (Phi) is 7.50. The Morgan fingerprint density at radius 2 is 1.77 bits per heavy atom. The summed E-state index contributed by atoms with van der Waals surface area (Å²) in [6, 6.07) is 19.1. The third-order valence-corrected chi connectivity index (χ3v) is 6.43. The molecule has 1 heterocycles. The molecule has 35 heavy (non-hydrogen) atoms. The van der Waals surface area contributed by atoms with Gasteiger partial charge in [-0.25, -0.2) is 0 Å². The van der Waals surface area contributed by atoms with Gasteiger partial charge in [0.2, 0.25) is 6.41 Å². The van der Waals surface area contributed by atoms with E-state index >= 15 is 0 Å². The molecule has 1 aliphatic heterocycles. The summed E-state index contributed by atoms with van der Waals surface area (Å²) < 4.78 is 52.2. The zero-order valence-electron chi connectivity index (χ0n) is 20.0. The number of hydrogen-bond donors (Lipinski definition) is 1. The van der Waals surface area contributed by atoms with Crippen molar-refractivity contribution in [1.29, 1.82) is 0 Å². The highest BCUT2D eigenvalue weighted by Crippen LogP contribution is 2.39. The summed E-state index contributed by atoms with van der Waals surface area (Å²) in [5.41, 5.74) is 3.08. The number of rotatable bonds is 6. The second-order valence-electron chi connectivity index (χ2n) is 9.10. The van der Waals surface area contributed by atoms with E-state index in [1.807, 2.05) is 48.5 Å². The summed E-state index contributed by atoms with van der Waals surface area (Å²) in [6.45, 7) is 4.68. The summed E-state index contributed by atoms with van der Waals surface area (Å²) in [5, 5.41) is 10.7. The standard InChI is InChI=1S/C28H30F3NO3/c1-18(2)20-9-12-26(34-3)24(16-20)23-11-10-22(28(29,30)31)15-21(23)17-32-14-13-25(35-27(32)33)19-7-5-4-6-8-19/h4-12,15-16,18,25,27,33H,13-14,17H2,1-3H3. The number of nitrogens with zero attached hydrogens (tertiary/aromatic N) is 1. The first-order valence-electron chi connectivity index (χ1n) is 11.7. The van der Waals surface area contributed by atoms with Crippen molar-refractivity contribution in [2.24, 2.45) is 0 Å². The van der Waals surface area contributed by atoms with Crippen LogP contribution in [0.15, 0.2) is 66.7 Å². The Balaban J connectivity index is 1.68. The predicted molar refractivity (Wildman–Crippen MR) is 129 cm³/mol. The Labute approximate surface area is 203 Å². The number of halogens is 3. The topological polar surface area (TPSA) is 41.9 Å². The molecule has 1 fully saturated rings. The van der Waals surface area contributed by atoms with Crippen molar-refractivity contribution in [2.75, 3.05) is 13.7 Å². The summed E-state index contributed by atoms with van der Waals surface area (Å²) in [6.07, 6.45) is -5.37. The van der Waals surface area contributed by atoms with Crippen LogP contribution in [0, 0.1) is 0 Å². The minimum absolute atomic E-state index is 0.0942. The molecule has 1 N–H and O–H groups in total. The van der Waals surface area contributed by atoms with Crippen LogP contribution in [0.1, 0.15) is 54.5 Å². The molecule has 0 radical (unpaired) electrons. The number of aliphatic hydroxyl groups is 1. The van der Waals surface area contributed by atoms with Gasteiger partial charge >= 0.3 is 6.18 Å². The van der Waals surface area contributed by atoms with Crippen molar-refractivity contribution >= 4 is 0 Å². The molecular formula is C28H30F3NO3. The van der Waals surface area contributed by atoms with Gasteiger partial charge < -0.3 is 14.6 Å². The summed E-state index contributed by atoms with van der Waals surface area (Å²) >= 11 is 0. The lowest BCUT2D eigenvalue weighted by Gasteiger charge is -2.37. The van der Waals surface area contributed by atoms with Gasteiger partial charge in [-0.15, -0.1) is 0 Å². The van der Waals surface area contributed by atoms with E-state index in [4.69, 9.17) is 9.47 Å². The number of benzene rings is 3. The van der Waals surface area contributed by atoms with Crippen molar-refractivity contribution < 1.29 is 27.8 Å². The fourth-order valence-corrected chi connectivity index (χ4v) is 4.44. The molecule has 0 amide bonds. The van der Waals surface area contributed by atoms with Gasteiger partial charge in [0.25, 0.3) is 0 Å². The molecule has 1 aliphatic rings. The zero-order chi connectivity index (χ0) is 25.2. The van der Waals surface area contributed by atoms with E-state index in [2.05, 4.69) is 13.8 Å². The molecule has 2 atom stereocenters. The van der Waals surface area contributed by atoms with E-state index < -0.39 is 18.2 Å². The maximum absolute atomic E-state index is 13.6. The van der Waals surface area contributed by atoms with Crippen molar-refractivity contribution in [1.82, 2.24) is 4.90 Å². The molecule has 0 saturated carbocycles. The van der Waals surface area contributed by atoms with Crippen molar-refractivity contribution in [3.63, 3.8) is 0 Å². The molecule has 186 valence electrons. The van der Waals surface area contributed by atoms with Gasteiger partial charge in [0.15, 0.2) is 0 Å². The van der Waals surface area contributed by atoms with Crippen LogP contribution in [0.3, 0.4) is 0 Å². The quantitative estimate of drug-likeness (QED) is 0.420. The van der Waals surface area contributed by atoms with Crippen LogP contribution in [0.25, 0.3) is 11.1 Å². The molecule has 3 aromatic rings. The molecule has 2 unspecified atom stereocenters. The van der Waals surface area contributed by atoms with E-state index in [1.165, 1.54) is 6.07 Å². The highest BCUT2D eigenvalue weighted by Gasteiger charge is 2.33. The van der Waals surface area contributed by atoms with E-state index in [0.29, 0.717) is 29.8 Å². The lowest BCUT2D eigenvalue weighted by molar-refractivity contribution is -0.250. The molecule has 0 aliphatic carbocycles. The highest BCUT2D eigenvalue weighted by atomic mass is 19.4. The van der Waals surface area contributed by atoms with Crippen molar-refractivity contribution in [3.05, 3.63) is 89.0 Å². The first kappa shape index (κ1) is 25.2. The van der Waals surface area contributed by atoms with Gasteiger partial charge in [-0.3, -0.25) is 4.90 Å². The van der Waals surface area contributed by atoms with Crippen molar-refractivity contribution in [2.45, 2.75) is 51.4 Å². The van der Waals surface area contributed by atoms with E-state index in [-0.39, 0.29) is 18.6 Å². The van der Waals surface area contributed by atoms with Gasteiger partial charge in [-0.05, 0) is 58.9 Å². The summed E-state index contributed by atoms with van der Waals surface area (Å²) in [5.74, 6) is 0.819. The molecule has 0 bridgehead atoms. The van der Waals surface area contributed by atoms with Gasteiger partial charge in [-0.1, -0.05) is 56.3 Å². The van der Waals surface area contributed by atoms with E-state index in [0.717, 1.165) is 28.8 Å². The SMILES string of the molecule is COc1ccc(C(C)C)cc1-c1ccc(C(F)(F)F)cc1CN1CCC(c2ccccc2)OC1O. The molecular weight excluding hydrogens is 455 g/mol. The smallest absolute Gasteiger partial charge is 0.416 e. The van der Waals surface area contributed by atoms with Crippen LogP contribution in [0.2, 0.25) is 0 Å². The number of ether oxygens (including phenoxy) is 2. The number of methoxy groups -OCH3 is 1. The largest absolute Gasteiger partial charge is 0.496 e. The molecule has 4 rings (SSSR count). The van der Waals surface area contributed by atoms with Crippen LogP contribution < -0.4 is 4.74 Å². The number of hydrogen-bond acceptors (Lipinski definition) is 4. The van der Waals surface area contributed by atoms with Crippen LogP contribution in [-0.2, 0) is 17.5 Å². The fraction of sp³-hybridized carbons (Fsp3) is 0.357. The van der Waals surface area contributed by atoms with Crippen LogP contribution in [0.5, 0.6) is 5.75 Å². The molecule has 3 aromatic carbocycles. The van der Waals surface area contributed by atoms with Gasteiger partial charge in [0.05, 0.1) is 18.8 Å². The van der Waals surface area contributed by atoms with Gasteiger partial charge in [0.1, 0.15) is 5.75 Å². The zero-order valence-corrected chi connectivity index (χ0v) is 20.0. The molecule has 0 spiro atoms. The fourth-order valence-electron chi connectivity index (χ4n) is 4.44. The predicted octanol–water partition coefficient (Wildman–Crippen LogP) is 6.74. The minimum Gasteiger partial charge on any atom is -0.496 e. The van der Waals surface area contributed by atoms with E-state index in [9.17, 15) is 18.3 Å². The van der Waals surface area contributed by atoms with Crippen molar-refractivity contribution in [3.8, 4) is 16.9 Å². The third-order valence-electron chi connectivity index (χ3n) is 6.43. The third kappa shape index (κ3) is 5.69. The maximum atomic E-state index is 13.6. The Bertz CT molecular complexity index is 1150. The molecule has 0 aromatic heterocycles. The van der Waals surface area contributed by atoms with Crippen LogP contribution in [0.4, 0.5) is 13.2 Å². The average molecular weight is 486 g/mol. The minimum atomic E-state index is -4.48. The van der Waals surface area contributed by atoms with Crippen LogP contribution >= 0.6 is 0 Å². The lowest BCUT2D eigenvalue weighted by Crippen LogP contribution is -2.43. The van der Waals surface area contributed by atoms with Crippen LogP contribution in [-0.4, -0.2) is 30.1 Å². The number of aliphatic hydroxyl groups excluding tert-OH is 1. The summed E-state index contributed by atoms with van der Waals surface area (Å²) in [7, 11) is 1.55.